The second-order valence-electron chi connectivity index (χ2n) is 7.93. The topological polar surface area (TPSA) is 114 Å². The number of rotatable bonds is 4. The SMILES string of the molecule is COc1ccc(C(=O)N2CC(=O)Nc3cc(C(=O)NC4CCCCC4N)ccc32)cc1. The third kappa shape index (κ3) is 4.39. The van der Waals surface area contributed by atoms with Crippen LogP contribution in [0.5, 0.6) is 5.75 Å². The lowest BCUT2D eigenvalue weighted by Gasteiger charge is -2.31. The standard InChI is InChI=1S/C23H26N4O4/c1-31-16-9-6-14(7-10-16)23(30)27-13-21(28)25-19-12-15(8-11-20(19)27)22(29)26-18-5-3-2-4-17(18)24/h6-12,17-18H,2-5,13,24H2,1H3,(H,25,28)(H,26,29). The number of anilines is 2. The molecule has 2 unspecified atom stereocenters. The van der Waals surface area contributed by atoms with Crippen molar-refractivity contribution >= 4 is 29.1 Å². The molecule has 31 heavy (non-hydrogen) atoms. The third-order valence-electron chi connectivity index (χ3n) is 5.84. The molecule has 1 aliphatic carbocycles. The van der Waals surface area contributed by atoms with Gasteiger partial charge in [-0.05, 0) is 55.3 Å². The molecule has 0 aromatic heterocycles. The van der Waals surface area contributed by atoms with Crippen LogP contribution in [0.15, 0.2) is 42.5 Å². The Morgan fingerprint density at radius 3 is 2.52 bits per heavy atom. The van der Waals surface area contributed by atoms with Crippen molar-refractivity contribution in [3.63, 3.8) is 0 Å². The minimum absolute atomic E-state index is 0.0485. The largest absolute Gasteiger partial charge is 0.497 e. The first-order valence-electron chi connectivity index (χ1n) is 10.4. The lowest BCUT2D eigenvalue weighted by atomic mass is 9.91. The van der Waals surface area contributed by atoms with E-state index < -0.39 is 0 Å². The van der Waals surface area contributed by atoms with Gasteiger partial charge in [0.2, 0.25) is 5.91 Å². The minimum Gasteiger partial charge on any atom is -0.497 e. The van der Waals surface area contributed by atoms with Crippen molar-refractivity contribution in [2.75, 3.05) is 23.9 Å². The third-order valence-corrected chi connectivity index (χ3v) is 5.84. The number of fused-ring (bicyclic) bond motifs is 1. The van der Waals surface area contributed by atoms with Gasteiger partial charge in [-0.2, -0.15) is 0 Å². The number of hydrogen-bond donors (Lipinski definition) is 3. The smallest absolute Gasteiger partial charge is 0.258 e. The van der Waals surface area contributed by atoms with E-state index in [1.807, 2.05) is 0 Å². The predicted molar refractivity (Wildman–Crippen MR) is 117 cm³/mol. The highest BCUT2D eigenvalue weighted by Gasteiger charge is 2.29. The molecule has 2 aromatic carbocycles. The molecule has 0 spiro atoms. The number of benzene rings is 2. The van der Waals surface area contributed by atoms with E-state index in [1.54, 1.807) is 49.6 Å². The maximum atomic E-state index is 13.0. The van der Waals surface area contributed by atoms with E-state index in [9.17, 15) is 14.4 Å². The van der Waals surface area contributed by atoms with E-state index in [0.717, 1.165) is 25.7 Å². The fourth-order valence-electron chi connectivity index (χ4n) is 4.09. The molecule has 0 bridgehead atoms. The van der Waals surface area contributed by atoms with Crippen LogP contribution in [0.25, 0.3) is 0 Å². The highest BCUT2D eigenvalue weighted by atomic mass is 16.5. The molecule has 0 saturated heterocycles. The van der Waals surface area contributed by atoms with Crippen molar-refractivity contribution in [2.24, 2.45) is 5.73 Å². The zero-order chi connectivity index (χ0) is 22.0. The van der Waals surface area contributed by atoms with Crippen LogP contribution < -0.4 is 26.0 Å². The van der Waals surface area contributed by atoms with Crippen LogP contribution in [0.2, 0.25) is 0 Å². The second kappa shape index (κ2) is 8.77. The molecule has 1 aliphatic heterocycles. The Labute approximate surface area is 180 Å². The second-order valence-corrected chi connectivity index (χ2v) is 7.93. The first kappa shape index (κ1) is 20.9. The summed E-state index contributed by atoms with van der Waals surface area (Å²) in [5.41, 5.74) is 7.96. The minimum atomic E-state index is -0.318. The Hall–Kier alpha value is -3.39. The summed E-state index contributed by atoms with van der Waals surface area (Å²) in [6, 6.07) is 11.5. The summed E-state index contributed by atoms with van der Waals surface area (Å²) >= 11 is 0. The van der Waals surface area contributed by atoms with Gasteiger partial charge >= 0.3 is 0 Å². The summed E-state index contributed by atoms with van der Waals surface area (Å²) in [4.78, 5) is 39.5. The molecule has 4 rings (SSSR count). The molecule has 0 radical (unpaired) electrons. The van der Waals surface area contributed by atoms with Gasteiger partial charge in [0.25, 0.3) is 11.8 Å². The number of methoxy groups -OCH3 is 1. The zero-order valence-corrected chi connectivity index (χ0v) is 17.4. The molecular formula is C23H26N4O4. The molecule has 3 amide bonds. The van der Waals surface area contributed by atoms with Crippen molar-refractivity contribution in [3.05, 3.63) is 53.6 Å². The fraction of sp³-hybridized carbons (Fsp3) is 0.348. The average molecular weight is 422 g/mol. The fourth-order valence-corrected chi connectivity index (χ4v) is 4.09. The van der Waals surface area contributed by atoms with Crippen LogP contribution in [-0.2, 0) is 4.79 Å². The van der Waals surface area contributed by atoms with Crippen molar-refractivity contribution in [2.45, 2.75) is 37.8 Å². The summed E-state index contributed by atoms with van der Waals surface area (Å²) in [6.07, 6.45) is 3.88. The van der Waals surface area contributed by atoms with Gasteiger partial charge < -0.3 is 21.1 Å². The molecule has 1 saturated carbocycles. The number of ether oxygens (including phenoxy) is 1. The van der Waals surface area contributed by atoms with E-state index in [4.69, 9.17) is 10.5 Å². The predicted octanol–water partition coefficient (Wildman–Crippen LogP) is 2.29. The maximum Gasteiger partial charge on any atom is 0.258 e. The summed E-state index contributed by atoms with van der Waals surface area (Å²) in [7, 11) is 1.55. The average Bonchev–Trinajstić information content (AvgIpc) is 2.79. The van der Waals surface area contributed by atoms with Crippen LogP contribution in [0.1, 0.15) is 46.4 Å². The van der Waals surface area contributed by atoms with E-state index in [2.05, 4.69) is 10.6 Å². The quantitative estimate of drug-likeness (QED) is 0.700. The van der Waals surface area contributed by atoms with Crippen molar-refractivity contribution in [1.29, 1.82) is 0 Å². The summed E-state index contributed by atoms with van der Waals surface area (Å²) in [5, 5.41) is 5.77. The molecule has 8 nitrogen and oxygen atoms in total. The van der Waals surface area contributed by atoms with Gasteiger partial charge in [-0.25, -0.2) is 0 Å². The molecule has 8 heteroatoms. The van der Waals surface area contributed by atoms with E-state index in [-0.39, 0.29) is 36.3 Å². The molecular weight excluding hydrogens is 396 g/mol. The summed E-state index contributed by atoms with van der Waals surface area (Å²) in [5.74, 6) is -0.218. The lowest BCUT2D eigenvalue weighted by Crippen LogP contribution is -2.49. The van der Waals surface area contributed by atoms with Crippen LogP contribution in [-0.4, -0.2) is 43.5 Å². The Bertz CT molecular complexity index is 1010. The highest BCUT2D eigenvalue weighted by molar-refractivity contribution is 6.15. The molecule has 2 atom stereocenters. The monoisotopic (exact) mass is 422 g/mol. The van der Waals surface area contributed by atoms with Crippen molar-refractivity contribution < 1.29 is 19.1 Å². The summed E-state index contributed by atoms with van der Waals surface area (Å²) in [6.45, 7) is -0.0969. The first-order chi connectivity index (χ1) is 15.0. The van der Waals surface area contributed by atoms with Gasteiger partial charge in [0.1, 0.15) is 12.3 Å². The van der Waals surface area contributed by atoms with E-state index in [1.165, 1.54) is 4.90 Å². The Balaban J connectivity index is 1.56. The Kier molecular flexibility index (Phi) is 5.90. The number of carbonyl (C=O) groups is 3. The molecule has 2 aromatic rings. The van der Waals surface area contributed by atoms with Gasteiger partial charge in [0.15, 0.2) is 0 Å². The van der Waals surface area contributed by atoms with E-state index in [0.29, 0.717) is 28.3 Å². The number of hydrogen-bond acceptors (Lipinski definition) is 5. The number of amides is 3. The normalized spacial score (nSPS) is 20.5. The number of nitrogens with zero attached hydrogens (tertiary/aromatic N) is 1. The van der Waals surface area contributed by atoms with Gasteiger partial charge in [-0.1, -0.05) is 12.8 Å². The maximum absolute atomic E-state index is 13.0. The Morgan fingerprint density at radius 2 is 1.81 bits per heavy atom. The Morgan fingerprint density at radius 1 is 1.10 bits per heavy atom. The number of nitrogens with one attached hydrogen (secondary N) is 2. The van der Waals surface area contributed by atoms with Crippen molar-refractivity contribution in [1.82, 2.24) is 5.32 Å². The van der Waals surface area contributed by atoms with Crippen LogP contribution in [0, 0.1) is 0 Å². The zero-order valence-electron chi connectivity index (χ0n) is 17.4. The van der Waals surface area contributed by atoms with Gasteiger partial charge in [-0.15, -0.1) is 0 Å². The van der Waals surface area contributed by atoms with E-state index >= 15 is 0 Å². The lowest BCUT2D eigenvalue weighted by molar-refractivity contribution is -0.115. The van der Waals surface area contributed by atoms with Crippen LogP contribution in [0.4, 0.5) is 11.4 Å². The van der Waals surface area contributed by atoms with Crippen molar-refractivity contribution in [3.8, 4) is 5.75 Å². The first-order valence-corrected chi connectivity index (χ1v) is 10.4. The number of carbonyl (C=O) groups excluding carboxylic acids is 3. The number of nitrogens with two attached hydrogens (primary N) is 1. The molecule has 162 valence electrons. The highest BCUT2D eigenvalue weighted by Crippen LogP contribution is 2.32. The molecule has 1 heterocycles. The van der Waals surface area contributed by atoms with Gasteiger partial charge in [-0.3, -0.25) is 19.3 Å². The van der Waals surface area contributed by atoms with Crippen LogP contribution >= 0.6 is 0 Å². The summed E-state index contributed by atoms with van der Waals surface area (Å²) < 4.78 is 5.13. The van der Waals surface area contributed by atoms with Gasteiger partial charge in [0.05, 0.1) is 18.5 Å². The molecule has 1 fully saturated rings. The molecule has 4 N–H and O–H groups in total. The van der Waals surface area contributed by atoms with Gasteiger partial charge in [0, 0.05) is 23.2 Å². The molecule has 2 aliphatic rings. The van der Waals surface area contributed by atoms with Crippen LogP contribution in [0.3, 0.4) is 0 Å².